The molecule has 1 fully saturated rings. The molecule has 1 aromatic carbocycles. The van der Waals surface area contributed by atoms with E-state index in [1.54, 1.807) is 29.2 Å². The molecule has 1 aromatic heterocycles. The summed E-state index contributed by atoms with van der Waals surface area (Å²) in [6.07, 6.45) is 1.23. The molecule has 1 saturated heterocycles. The van der Waals surface area contributed by atoms with Gasteiger partial charge in [0.25, 0.3) is 0 Å². The van der Waals surface area contributed by atoms with Crippen molar-refractivity contribution in [3.05, 3.63) is 47.3 Å². The molecule has 142 valence electrons. The molecule has 2 heterocycles. The van der Waals surface area contributed by atoms with Crippen molar-refractivity contribution >= 4 is 39.9 Å². The lowest BCUT2D eigenvalue weighted by molar-refractivity contribution is -0.121. The van der Waals surface area contributed by atoms with Crippen LogP contribution in [0.3, 0.4) is 0 Å². The molecule has 0 aliphatic carbocycles. The maximum absolute atomic E-state index is 12.5. The normalized spacial score (nSPS) is 14.5. The maximum Gasteiger partial charge on any atom is 0.337 e. The number of rotatable bonds is 4. The Morgan fingerprint density at radius 2 is 1.78 bits per heavy atom. The number of methoxy groups -OCH3 is 1. The average molecular weight is 387 g/mol. The number of carbonyl (C=O) groups excluding carboxylic acids is 3. The van der Waals surface area contributed by atoms with E-state index in [-0.39, 0.29) is 17.9 Å². The summed E-state index contributed by atoms with van der Waals surface area (Å²) in [6.45, 7) is 1.08. The number of amides is 3. The number of thiophene rings is 1. The first-order valence-corrected chi connectivity index (χ1v) is 9.53. The number of esters is 1. The van der Waals surface area contributed by atoms with E-state index in [4.69, 9.17) is 0 Å². The Bertz CT molecular complexity index is 797. The Morgan fingerprint density at radius 1 is 1.07 bits per heavy atom. The molecule has 0 spiro atoms. The smallest absolute Gasteiger partial charge is 0.337 e. The molecule has 0 bridgehead atoms. The lowest BCUT2D eigenvalue weighted by atomic mass is 9.96. The minimum atomic E-state index is -0.416. The molecule has 3 rings (SSSR count). The topological polar surface area (TPSA) is 87.7 Å². The summed E-state index contributed by atoms with van der Waals surface area (Å²) in [4.78, 5) is 37.8. The molecular formula is C19H21N3O4S. The molecule has 0 radical (unpaired) electrons. The van der Waals surface area contributed by atoms with Gasteiger partial charge in [0.05, 0.1) is 17.7 Å². The third-order valence-electron chi connectivity index (χ3n) is 4.48. The number of nitrogens with zero attached hydrogens (tertiary/aromatic N) is 1. The van der Waals surface area contributed by atoms with Crippen molar-refractivity contribution in [3.63, 3.8) is 0 Å². The number of urea groups is 1. The monoisotopic (exact) mass is 387 g/mol. The molecule has 1 aliphatic rings. The van der Waals surface area contributed by atoms with Gasteiger partial charge >= 0.3 is 12.0 Å². The first-order valence-electron chi connectivity index (χ1n) is 8.65. The van der Waals surface area contributed by atoms with Gasteiger partial charge in [-0.3, -0.25) is 10.1 Å². The Balaban J connectivity index is 1.48. The summed E-state index contributed by atoms with van der Waals surface area (Å²) in [5.41, 5.74) is 1.06. The second-order valence-electron chi connectivity index (χ2n) is 6.23. The predicted molar refractivity (Wildman–Crippen MR) is 104 cm³/mol. The molecule has 27 heavy (non-hydrogen) atoms. The van der Waals surface area contributed by atoms with Crippen LogP contribution >= 0.6 is 11.3 Å². The van der Waals surface area contributed by atoms with Gasteiger partial charge in [-0.2, -0.15) is 0 Å². The molecular weight excluding hydrogens is 366 g/mol. The Labute approximate surface area is 161 Å². The van der Waals surface area contributed by atoms with Gasteiger partial charge in [0, 0.05) is 24.7 Å². The molecule has 2 N–H and O–H groups in total. The van der Waals surface area contributed by atoms with E-state index >= 15 is 0 Å². The van der Waals surface area contributed by atoms with Gasteiger partial charge in [0.15, 0.2) is 0 Å². The number of nitrogens with one attached hydrogen (secondary N) is 2. The minimum absolute atomic E-state index is 0.0702. The summed E-state index contributed by atoms with van der Waals surface area (Å²) in [6, 6.07) is 10.2. The molecule has 8 heteroatoms. The van der Waals surface area contributed by atoms with Gasteiger partial charge < -0.3 is 15.0 Å². The van der Waals surface area contributed by atoms with Crippen molar-refractivity contribution in [1.29, 1.82) is 0 Å². The van der Waals surface area contributed by atoms with E-state index in [1.807, 2.05) is 17.5 Å². The number of piperidine rings is 1. The van der Waals surface area contributed by atoms with Crippen molar-refractivity contribution in [3.8, 4) is 0 Å². The Kier molecular flexibility index (Phi) is 6.08. The summed E-state index contributed by atoms with van der Waals surface area (Å²) >= 11 is 1.47. The first-order chi connectivity index (χ1) is 13.1. The van der Waals surface area contributed by atoms with E-state index in [0.717, 1.165) is 5.00 Å². The number of hydrogen-bond donors (Lipinski definition) is 2. The van der Waals surface area contributed by atoms with Crippen LogP contribution in [0.1, 0.15) is 23.2 Å². The second-order valence-corrected chi connectivity index (χ2v) is 7.17. The van der Waals surface area contributed by atoms with E-state index in [2.05, 4.69) is 15.4 Å². The zero-order valence-electron chi connectivity index (χ0n) is 14.9. The van der Waals surface area contributed by atoms with Crippen LogP contribution < -0.4 is 10.6 Å². The zero-order chi connectivity index (χ0) is 19.2. The summed E-state index contributed by atoms with van der Waals surface area (Å²) < 4.78 is 4.65. The van der Waals surface area contributed by atoms with Gasteiger partial charge in [-0.1, -0.05) is 0 Å². The van der Waals surface area contributed by atoms with Gasteiger partial charge in [-0.15, -0.1) is 11.3 Å². The third-order valence-corrected chi connectivity index (χ3v) is 5.26. The zero-order valence-corrected chi connectivity index (χ0v) is 15.8. The molecule has 7 nitrogen and oxygen atoms in total. The summed E-state index contributed by atoms with van der Waals surface area (Å²) in [5, 5.41) is 8.45. The van der Waals surface area contributed by atoms with Crippen molar-refractivity contribution in [2.45, 2.75) is 12.8 Å². The maximum atomic E-state index is 12.5. The fourth-order valence-corrected chi connectivity index (χ4v) is 3.54. The van der Waals surface area contributed by atoms with Crippen molar-refractivity contribution < 1.29 is 19.1 Å². The number of ether oxygens (including phenoxy) is 1. The van der Waals surface area contributed by atoms with Crippen molar-refractivity contribution in [1.82, 2.24) is 4.90 Å². The summed E-state index contributed by atoms with van der Waals surface area (Å²) in [5.74, 6) is -0.628. The fraction of sp³-hybridized carbons (Fsp3) is 0.316. The molecule has 0 saturated carbocycles. The number of hydrogen-bond acceptors (Lipinski definition) is 5. The minimum Gasteiger partial charge on any atom is -0.465 e. The van der Waals surface area contributed by atoms with Gasteiger partial charge in [-0.05, 0) is 54.6 Å². The van der Waals surface area contributed by atoms with E-state index in [0.29, 0.717) is 37.2 Å². The van der Waals surface area contributed by atoms with Gasteiger partial charge in [0.1, 0.15) is 0 Å². The first kappa shape index (κ1) is 18.9. The molecule has 0 atom stereocenters. The standard InChI is InChI=1S/C19H21N3O4S/c1-26-18(24)14-4-6-15(7-5-14)20-17(23)13-8-10-22(11-9-13)19(25)21-16-3-2-12-27-16/h2-7,12-13H,8-11H2,1H3,(H,20,23)(H,21,25). The summed E-state index contributed by atoms with van der Waals surface area (Å²) in [7, 11) is 1.32. The van der Waals surface area contributed by atoms with Crippen molar-refractivity contribution in [2.24, 2.45) is 5.92 Å². The highest BCUT2D eigenvalue weighted by Gasteiger charge is 2.27. The third kappa shape index (κ3) is 4.85. The van der Waals surface area contributed by atoms with Crippen LogP contribution in [0.4, 0.5) is 15.5 Å². The van der Waals surface area contributed by atoms with Crippen LogP contribution in [0.5, 0.6) is 0 Å². The number of benzene rings is 1. The molecule has 3 amide bonds. The largest absolute Gasteiger partial charge is 0.465 e. The quantitative estimate of drug-likeness (QED) is 0.787. The highest BCUT2D eigenvalue weighted by Crippen LogP contribution is 2.22. The second kappa shape index (κ2) is 8.68. The van der Waals surface area contributed by atoms with Gasteiger partial charge in [-0.25, -0.2) is 9.59 Å². The molecule has 2 aromatic rings. The Morgan fingerprint density at radius 3 is 2.37 bits per heavy atom. The van der Waals surface area contributed by atoms with Crippen LogP contribution in [-0.2, 0) is 9.53 Å². The highest BCUT2D eigenvalue weighted by atomic mass is 32.1. The lowest BCUT2D eigenvalue weighted by Crippen LogP contribution is -2.43. The fourth-order valence-electron chi connectivity index (χ4n) is 2.93. The van der Waals surface area contributed by atoms with Crippen LogP contribution in [0, 0.1) is 5.92 Å². The van der Waals surface area contributed by atoms with Crippen LogP contribution in [-0.4, -0.2) is 43.0 Å². The lowest BCUT2D eigenvalue weighted by Gasteiger charge is -2.31. The Hall–Kier alpha value is -2.87. The number of anilines is 2. The average Bonchev–Trinajstić information content (AvgIpc) is 3.21. The highest BCUT2D eigenvalue weighted by molar-refractivity contribution is 7.14. The van der Waals surface area contributed by atoms with Gasteiger partial charge in [0.2, 0.25) is 5.91 Å². The van der Waals surface area contributed by atoms with E-state index in [9.17, 15) is 14.4 Å². The number of likely N-dealkylation sites (tertiary alicyclic amines) is 1. The SMILES string of the molecule is COC(=O)c1ccc(NC(=O)C2CCN(C(=O)Nc3cccs3)CC2)cc1. The van der Waals surface area contributed by atoms with E-state index in [1.165, 1.54) is 18.4 Å². The van der Waals surface area contributed by atoms with Crippen molar-refractivity contribution in [2.75, 3.05) is 30.8 Å². The molecule has 1 aliphatic heterocycles. The molecule has 0 unspecified atom stereocenters. The number of carbonyl (C=O) groups is 3. The van der Waals surface area contributed by atoms with E-state index < -0.39 is 5.97 Å². The predicted octanol–water partition coefficient (Wildman–Crippen LogP) is 3.42. The van der Waals surface area contributed by atoms with Crippen LogP contribution in [0.25, 0.3) is 0 Å². The van der Waals surface area contributed by atoms with Crippen LogP contribution in [0.2, 0.25) is 0 Å². The van der Waals surface area contributed by atoms with Crippen LogP contribution in [0.15, 0.2) is 41.8 Å².